The van der Waals surface area contributed by atoms with Crippen LogP contribution in [0.3, 0.4) is 0 Å². The van der Waals surface area contributed by atoms with Crippen LogP contribution in [0, 0.1) is 57.0 Å². The number of rotatable bonds is 12. The van der Waals surface area contributed by atoms with Gasteiger partial charge in [0.2, 0.25) is 5.90 Å². The first-order valence-corrected chi connectivity index (χ1v) is 44.8. The number of fused-ring (bicyclic) bond motifs is 6. The predicted molar refractivity (Wildman–Crippen MR) is 487 cm³/mol. The maximum atomic E-state index is 13.2. The van der Waals surface area contributed by atoms with Crippen molar-refractivity contribution in [2.75, 3.05) is 6.61 Å². The van der Waals surface area contributed by atoms with E-state index in [4.69, 9.17) is 34.8 Å². The summed E-state index contributed by atoms with van der Waals surface area (Å²) in [5.41, 5.74) is 8.46. The highest BCUT2D eigenvalue weighted by atomic mass is 127. The molecule has 119 heavy (non-hydrogen) atoms. The molecule has 37 heteroatoms. The van der Waals surface area contributed by atoms with Gasteiger partial charge in [-0.25, -0.2) is 79.5 Å². The molecule has 3 N–H and O–H groups in total. The highest BCUT2D eigenvalue weighted by Crippen LogP contribution is 2.36. The van der Waals surface area contributed by atoms with Crippen molar-refractivity contribution in [3.8, 4) is 40.5 Å². The lowest BCUT2D eigenvalue weighted by molar-refractivity contribution is 0.325. The van der Waals surface area contributed by atoms with Crippen LogP contribution in [0.5, 0.6) is 0 Å². The van der Waals surface area contributed by atoms with Crippen molar-refractivity contribution < 1.29 is 47.2 Å². The van der Waals surface area contributed by atoms with Gasteiger partial charge in [0, 0.05) is 149 Å². The fourth-order valence-electron chi connectivity index (χ4n) is 11.7. The number of furan rings is 2. The minimum atomic E-state index is -3.84. The van der Waals surface area contributed by atoms with Gasteiger partial charge in [0.05, 0.1) is 73.5 Å². The topological polar surface area (TPSA) is 396 Å². The standard InChI is InChI=1S/C20H17N3O4S.C18H11N3O3S.C14H11BrN2O2S.C14H8IN3O2S.C8H4IN3.C7H4BrIN2.CH4.ClH/c1-2-27-19(21)15-10-17-18(14-8-9-26-13-14)12-23(20(17)22-11-15)28(24,25)16-6-4-3-5-7-16;19-9-13-8-16-17(14-6-7-24-12-14)11-21(18(16)20-10-13)25(22,23)15-4-2-1-3-5-15;1-10-9-17(14-13(10)7-11(15)8-16-14)20(18,19)12-5-3-2-4-6-12;15-13-9-18(14-12(13)6-10(7-16)8-17-14)21(19,20)11-4-2-1-3-5-11;9-7-4-12-8-6(7)1-5(2-10)3-11-8;8-4-1-5-6(9)3-11-7(5)10-2-4;;/h3-13,21H,2H2,1H3;1-8,10-12H;2-9H,1H3;1-6,8-9H;1,3-4H,(H,11,12);1-3H,(H,10,11);1H4;1H. The van der Waals surface area contributed by atoms with Gasteiger partial charge in [-0.3, -0.25) is 5.41 Å². The Hall–Kier alpha value is -11.2. The Morgan fingerprint density at radius 1 is 0.454 bits per heavy atom. The molecule has 0 unspecified atom stereocenters. The van der Waals surface area contributed by atoms with E-state index in [9.17, 15) is 33.7 Å². The van der Waals surface area contributed by atoms with Gasteiger partial charge in [-0.15, -0.1) is 12.4 Å². The summed E-state index contributed by atoms with van der Waals surface area (Å²) >= 11 is 13.2. The van der Waals surface area contributed by atoms with E-state index in [0.29, 0.717) is 78.6 Å². The molecule has 0 saturated carbocycles. The second kappa shape index (κ2) is 38.2. The number of benzene rings is 4. The van der Waals surface area contributed by atoms with E-state index >= 15 is 0 Å². The number of hydrogen-bond acceptors (Lipinski definition) is 21. The van der Waals surface area contributed by atoms with Gasteiger partial charge < -0.3 is 23.5 Å². The number of nitriles is 3. The van der Waals surface area contributed by atoms with Crippen molar-refractivity contribution in [2.24, 2.45) is 0 Å². The van der Waals surface area contributed by atoms with Crippen LogP contribution in [-0.2, 0) is 44.8 Å². The molecule has 0 aliphatic heterocycles. The lowest BCUT2D eigenvalue weighted by atomic mass is 10.1. The van der Waals surface area contributed by atoms with E-state index in [1.54, 1.807) is 147 Å². The van der Waals surface area contributed by atoms with Gasteiger partial charge >= 0.3 is 0 Å². The minimum absolute atomic E-state index is 0. The zero-order valence-corrected chi connectivity index (χ0v) is 74.6. The molecule has 600 valence electrons. The van der Waals surface area contributed by atoms with Crippen LogP contribution >= 0.6 is 112 Å². The van der Waals surface area contributed by atoms with Crippen LogP contribution in [0.1, 0.15) is 42.2 Å². The first kappa shape index (κ1) is 88.6. The van der Waals surface area contributed by atoms with Crippen molar-refractivity contribution in [3.63, 3.8) is 0 Å². The predicted octanol–water partition coefficient (Wildman–Crippen LogP) is 19.4. The molecule has 14 aromatic heterocycles. The summed E-state index contributed by atoms with van der Waals surface area (Å²) < 4.78 is 128. The number of hydrogen-bond donors (Lipinski definition) is 3. The van der Waals surface area contributed by atoms with Crippen LogP contribution in [0.2, 0.25) is 0 Å². The lowest BCUT2D eigenvalue weighted by Gasteiger charge is -2.08. The van der Waals surface area contributed by atoms with E-state index in [1.165, 1.54) is 112 Å². The van der Waals surface area contributed by atoms with Gasteiger partial charge in [-0.2, -0.15) is 15.8 Å². The fourth-order valence-corrected chi connectivity index (χ4v) is 19.8. The molecule has 0 aliphatic rings. The Labute approximate surface area is 745 Å². The highest BCUT2D eigenvalue weighted by molar-refractivity contribution is 14.1. The maximum Gasteiger partial charge on any atom is 0.269 e. The molecule has 0 fully saturated rings. The summed E-state index contributed by atoms with van der Waals surface area (Å²) in [6.07, 6.45) is 25.2. The average Bonchev–Trinajstić information content (AvgIpc) is 1.60. The van der Waals surface area contributed by atoms with E-state index in [2.05, 4.69) is 129 Å². The maximum absolute atomic E-state index is 13.2. The minimum Gasteiger partial charge on any atom is -0.478 e. The molecule has 0 atom stereocenters. The summed E-state index contributed by atoms with van der Waals surface area (Å²) in [7, 11) is -15.0. The van der Waals surface area contributed by atoms with Gasteiger partial charge in [0.25, 0.3) is 40.1 Å². The van der Waals surface area contributed by atoms with Crippen LogP contribution in [-0.4, -0.2) is 102 Å². The molecule has 0 saturated heterocycles. The summed E-state index contributed by atoms with van der Waals surface area (Å²) in [6.45, 7) is 4.02. The molecule has 0 bridgehead atoms. The normalized spacial score (nSPS) is 11.2. The van der Waals surface area contributed by atoms with Crippen LogP contribution < -0.4 is 0 Å². The highest BCUT2D eigenvalue weighted by Gasteiger charge is 2.28. The van der Waals surface area contributed by atoms with Crippen molar-refractivity contribution in [2.45, 2.75) is 40.9 Å². The number of pyridine rings is 6. The third kappa shape index (κ3) is 19.1. The van der Waals surface area contributed by atoms with Crippen LogP contribution in [0.15, 0.2) is 307 Å². The lowest BCUT2D eigenvalue weighted by Crippen LogP contribution is -2.12. The molecular weight excluding hydrogens is 2090 g/mol. The average molecular weight is 2150 g/mol. The first-order valence-electron chi connectivity index (χ1n) is 34.2. The number of aromatic amines is 2. The number of nitrogens with one attached hydrogen (secondary N) is 3. The third-order valence-electron chi connectivity index (χ3n) is 17.3. The smallest absolute Gasteiger partial charge is 0.269 e. The number of nitrogens with zero attached hydrogens (tertiary/aromatic N) is 13. The molecule has 0 amide bonds. The molecule has 0 aliphatic carbocycles. The van der Waals surface area contributed by atoms with E-state index in [1.807, 2.05) is 66.2 Å². The molecule has 18 rings (SSSR count). The summed E-state index contributed by atoms with van der Waals surface area (Å²) in [6, 6.07) is 53.1. The summed E-state index contributed by atoms with van der Waals surface area (Å²) in [4.78, 5) is 32.0. The Balaban J connectivity index is 0.000000143. The SMILES string of the molecule is Brc1cnc2[nH]cc(I)c2c1.C.CCOC(=N)c1cnc2c(c1)c(-c1ccoc1)cn2S(=O)(=O)c1ccccc1.Cc1cn(S(=O)(=O)c2ccccc2)c2ncc(Br)cc12.Cl.N#Cc1cnc2[nH]cc(I)c2c1.N#Cc1cnc2c(c1)c(-c1ccoc1)cn2S(=O)(=O)c1ccccc1.N#Cc1cnc2c(c1)c(I)cn2S(=O)(=O)c1ccccc1. The van der Waals surface area contributed by atoms with E-state index < -0.39 is 40.1 Å². The fraction of sp³-hybridized carbons (Fsp3) is 0.0488. The molecule has 27 nitrogen and oxygen atoms in total. The Morgan fingerprint density at radius 2 is 0.798 bits per heavy atom. The Morgan fingerprint density at radius 3 is 1.23 bits per heavy atom. The molecule has 4 aromatic carbocycles. The molecular formula is C82H60Br2ClI3N16O11S4. The number of H-pyrrole nitrogens is 2. The summed E-state index contributed by atoms with van der Waals surface area (Å²) in [5, 5.41) is 39.5. The monoisotopic (exact) mass is 2150 g/mol. The van der Waals surface area contributed by atoms with Crippen molar-refractivity contribution in [1.82, 2.24) is 55.8 Å². The molecule has 0 radical (unpaired) electrons. The van der Waals surface area contributed by atoms with Gasteiger partial charge in [-0.1, -0.05) is 80.2 Å². The zero-order chi connectivity index (χ0) is 82.9. The van der Waals surface area contributed by atoms with Gasteiger partial charge in [-0.05, 0) is 216 Å². The van der Waals surface area contributed by atoms with Crippen LogP contribution in [0.25, 0.3) is 88.5 Å². The molecule has 18 aromatic rings. The second-order valence-corrected chi connectivity index (χ2v) is 37.3. The van der Waals surface area contributed by atoms with Crippen molar-refractivity contribution >= 4 is 224 Å². The van der Waals surface area contributed by atoms with Gasteiger partial charge in [0.1, 0.15) is 29.5 Å². The Kier molecular flexibility index (Phi) is 28.4. The van der Waals surface area contributed by atoms with E-state index in [-0.39, 0.29) is 56.6 Å². The van der Waals surface area contributed by atoms with E-state index in [0.717, 1.165) is 55.6 Å². The van der Waals surface area contributed by atoms with Crippen LogP contribution in [0.4, 0.5) is 0 Å². The quantitative estimate of drug-likeness (QED) is 0.0581. The zero-order valence-electron chi connectivity index (χ0n) is 60.8. The largest absolute Gasteiger partial charge is 0.478 e. The number of aromatic nitrogens is 12. The Bertz CT molecular complexity index is 7390. The number of aryl methyl sites for hydroxylation is 1. The third-order valence-corrected chi connectivity index (χ3v) is 27.5. The molecule has 0 spiro atoms. The van der Waals surface area contributed by atoms with Crippen molar-refractivity contribution in [3.05, 3.63) is 317 Å². The second-order valence-electron chi connectivity index (χ2n) is 24.7. The summed E-state index contributed by atoms with van der Waals surface area (Å²) in [5.74, 6) is -0.0197. The van der Waals surface area contributed by atoms with Crippen molar-refractivity contribution in [1.29, 1.82) is 21.2 Å². The first-order chi connectivity index (χ1) is 56.2. The number of ether oxygens (including phenoxy) is 1. The number of halogens is 6. The molecule has 14 heterocycles. The van der Waals surface area contributed by atoms with Gasteiger partial charge in [0.15, 0.2) is 22.6 Å².